The molecule has 2 rings (SSSR count). The van der Waals surface area contributed by atoms with Crippen LogP contribution in [0, 0.1) is 0 Å². The third-order valence-electron chi connectivity index (χ3n) is 3.88. The first-order valence-corrected chi connectivity index (χ1v) is 7.73. The molecular weight excluding hydrogens is 357 g/mol. The van der Waals surface area contributed by atoms with Gasteiger partial charge in [0.05, 0.1) is 0 Å². The molecule has 0 aromatic heterocycles. The van der Waals surface area contributed by atoms with Gasteiger partial charge in [-0.3, -0.25) is 24.2 Å². The molecule has 128 valence electrons. The molecule has 0 spiro atoms. The van der Waals surface area contributed by atoms with Crippen LogP contribution < -0.4 is 5.73 Å². The van der Waals surface area contributed by atoms with Gasteiger partial charge in [0.1, 0.15) is 0 Å². The lowest BCUT2D eigenvalue weighted by Gasteiger charge is -2.43. The molecule has 1 atom stereocenters. The number of hydrogen-bond acceptors (Lipinski definition) is 4. The molecule has 1 aromatic rings. The maximum absolute atomic E-state index is 13.0. The minimum Gasteiger partial charge on any atom is -0.368 e. The highest BCUT2D eigenvalue weighted by molar-refractivity contribution is 6.39. The first kappa shape index (κ1) is 18.2. The Labute approximate surface area is 148 Å². The molecule has 0 radical (unpaired) electrons. The molecule has 1 aromatic carbocycles. The lowest BCUT2D eigenvalue weighted by atomic mass is 9.75. The van der Waals surface area contributed by atoms with Crippen molar-refractivity contribution in [3.63, 3.8) is 0 Å². The van der Waals surface area contributed by atoms with E-state index in [1.807, 2.05) is 0 Å². The van der Waals surface area contributed by atoms with Gasteiger partial charge in [0.25, 0.3) is 11.8 Å². The van der Waals surface area contributed by atoms with Gasteiger partial charge in [-0.25, -0.2) is 4.79 Å². The number of benzene rings is 1. The minimum atomic E-state index is -2.42. The van der Waals surface area contributed by atoms with Gasteiger partial charge in [0, 0.05) is 28.7 Å². The SMILES string of the molecule is CC(C)N1C(=O)N(C)C(=O)C(C(N)=O)(c2ccc(Cl)cc2Cl)C1=O. The summed E-state index contributed by atoms with van der Waals surface area (Å²) in [4.78, 5) is 51.8. The molecule has 5 amide bonds. The topological polar surface area (TPSA) is 101 Å². The molecule has 24 heavy (non-hydrogen) atoms. The van der Waals surface area contributed by atoms with Crippen LogP contribution in [0.5, 0.6) is 0 Å². The molecule has 0 saturated carbocycles. The second kappa shape index (κ2) is 6.07. The Morgan fingerprint density at radius 1 is 1.17 bits per heavy atom. The summed E-state index contributed by atoms with van der Waals surface area (Å²) in [7, 11) is 1.17. The van der Waals surface area contributed by atoms with E-state index in [9.17, 15) is 19.2 Å². The molecule has 0 bridgehead atoms. The van der Waals surface area contributed by atoms with E-state index in [0.29, 0.717) is 4.90 Å². The molecule has 1 fully saturated rings. The van der Waals surface area contributed by atoms with Crippen LogP contribution >= 0.6 is 23.2 Å². The monoisotopic (exact) mass is 371 g/mol. The number of halogens is 2. The molecular formula is C15H15Cl2N3O4. The number of rotatable bonds is 3. The summed E-state index contributed by atoms with van der Waals surface area (Å²) >= 11 is 12.0. The second-order valence-corrected chi connectivity index (χ2v) is 6.50. The highest BCUT2D eigenvalue weighted by atomic mass is 35.5. The number of carbonyl (C=O) groups excluding carboxylic acids is 4. The van der Waals surface area contributed by atoms with E-state index < -0.39 is 35.2 Å². The average Bonchev–Trinajstić information content (AvgIpc) is 2.46. The number of barbiturate groups is 1. The van der Waals surface area contributed by atoms with Crippen LogP contribution in [-0.2, 0) is 19.8 Å². The van der Waals surface area contributed by atoms with Crippen molar-refractivity contribution in [3.8, 4) is 0 Å². The van der Waals surface area contributed by atoms with Crippen molar-refractivity contribution in [2.75, 3.05) is 7.05 Å². The Morgan fingerprint density at radius 2 is 1.75 bits per heavy atom. The number of nitrogens with two attached hydrogens (primary N) is 1. The summed E-state index contributed by atoms with van der Waals surface area (Å²) in [6.07, 6.45) is 0. The van der Waals surface area contributed by atoms with Crippen LogP contribution in [0.3, 0.4) is 0 Å². The third kappa shape index (κ3) is 2.35. The fraction of sp³-hybridized carbons (Fsp3) is 0.333. The summed E-state index contributed by atoms with van der Waals surface area (Å²) in [5.74, 6) is -3.29. The van der Waals surface area contributed by atoms with Gasteiger partial charge < -0.3 is 5.73 Å². The van der Waals surface area contributed by atoms with Crippen molar-refractivity contribution < 1.29 is 19.2 Å². The largest absolute Gasteiger partial charge is 0.368 e. The fourth-order valence-corrected chi connectivity index (χ4v) is 3.23. The normalized spacial score (nSPS) is 21.7. The fourth-order valence-electron chi connectivity index (χ4n) is 2.68. The van der Waals surface area contributed by atoms with E-state index >= 15 is 0 Å². The number of likely N-dealkylation sites (N-methyl/N-ethyl adjacent to an activating group) is 1. The first-order valence-electron chi connectivity index (χ1n) is 6.98. The zero-order valence-corrected chi connectivity index (χ0v) is 14.7. The van der Waals surface area contributed by atoms with Gasteiger partial charge in [-0.05, 0) is 26.0 Å². The number of urea groups is 1. The van der Waals surface area contributed by atoms with Gasteiger partial charge in [-0.2, -0.15) is 0 Å². The molecule has 2 N–H and O–H groups in total. The van der Waals surface area contributed by atoms with E-state index in [0.717, 1.165) is 4.90 Å². The third-order valence-corrected chi connectivity index (χ3v) is 4.43. The van der Waals surface area contributed by atoms with Crippen molar-refractivity contribution in [3.05, 3.63) is 33.8 Å². The lowest BCUT2D eigenvalue weighted by molar-refractivity contribution is -0.156. The minimum absolute atomic E-state index is 0.0746. The number of amides is 5. The van der Waals surface area contributed by atoms with Gasteiger partial charge >= 0.3 is 6.03 Å². The summed E-state index contributed by atoms with van der Waals surface area (Å²) in [6, 6.07) is 2.53. The Morgan fingerprint density at radius 3 is 2.21 bits per heavy atom. The molecule has 1 unspecified atom stereocenters. The maximum Gasteiger partial charge on any atom is 0.333 e. The standard InChI is InChI=1S/C15H15Cl2N3O4/c1-7(2)20-13(23)15(11(18)21,12(22)19(3)14(20)24)9-5-4-8(16)6-10(9)17/h4-7H,1-3H3,(H2,18,21). The van der Waals surface area contributed by atoms with E-state index in [4.69, 9.17) is 28.9 Å². The van der Waals surface area contributed by atoms with Crippen molar-refractivity contribution in [1.29, 1.82) is 0 Å². The predicted molar refractivity (Wildman–Crippen MR) is 87.5 cm³/mol. The quantitative estimate of drug-likeness (QED) is 0.814. The van der Waals surface area contributed by atoms with Crippen LogP contribution in [0.4, 0.5) is 4.79 Å². The number of primary amides is 1. The molecule has 7 nitrogen and oxygen atoms in total. The van der Waals surface area contributed by atoms with Crippen LogP contribution in [0.15, 0.2) is 18.2 Å². The van der Waals surface area contributed by atoms with Crippen molar-refractivity contribution >= 4 is 47.0 Å². The zero-order valence-electron chi connectivity index (χ0n) is 13.2. The van der Waals surface area contributed by atoms with Gasteiger partial charge in [-0.15, -0.1) is 0 Å². The van der Waals surface area contributed by atoms with Crippen molar-refractivity contribution in [2.24, 2.45) is 5.73 Å². The smallest absolute Gasteiger partial charge is 0.333 e. The number of hydrogen-bond donors (Lipinski definition) is 1. The number of imide groups is 2. The summed E-state index contributed by atoms with van der Waals surface area (Å²) in [6.45, 7) is 3.16. The molecule has 1 aliphatic rings. The molecule has 0 aliphatic carbocycles. The molecule has 1 heterocycles. The van der Waals surface area contributed by atoms with Crippen LogP contribution in [0.25, 0.3) is 0 Å². The molecule has 1 aliphatic heterocycles. The van der Waals surface area contributed by atoms with E-state index in [2.05, 4.69) is 0 Å². The summed E-state index contributed by atoms with van der Waals surface area (Å²) in [5, 5.41) is 0.179. The number of carbonyl (C=O) groups is 4. The second-order valence-electron chi connectivity index (χ2n) is 5.65. The molecule has 9 heteroatoms. The van der Waals surface area contributed by atoms with Crippen LogP contribution in [0.1, 0.15) is 19.4 Å². The highest BCUT2D eigenvalue weighted by Crippen LogP contribution is 2.38. The lowest BCUT2D eigenvalue weighted by Crippen LogP contribution is -2.71. The van der Waals surface area contributed by atoms with Crippen molar-refractivity contribution in [1.82, 2.24) is 9.80 Å². The van der Waals surface area contributed by atoms with Gasteiger partial charge in [0.2, 0.25) is 11.3 Å². The van der Waals surface area contributed by atoms with E-state index in [1.165, 1.54) is 25.2 Å². The Hall–Kier alpha value is -2.12. The zero-order chi connectivity index (χ0) is 18.4. The van der Waals surface area contributed by atoms with E-state index in [-0.39, 0.29) is 15.6 Å². The van der Waals surface area contributed by atoms with Gasteiger partial charge in [-0.1, -0.05) is 29.3 Å². The maximum atomic E-state index is 13.0. The predicted octanol–water partition coefficient (Wildman–Crippen LogP) is 1.55. The Kier molecular flexibility index (Phi) is 4.61. The Bertz CT molecular complexity index is 765. The Balaban J connectivity index is 2.83. The van der Waals surface area contributed by atoms with Gasteiger partial charge in [0.15, 0.2) is 0 Å². The summed E-state index contributed by atoms with van der Waals surface area (Å²) in [5.41, 5.74) is 2.92. The average molecular weight is 372 g/mol. The van der Waals surface area contributed by atoms with Crippen LogP contribution in [0.2, 0.25) is 10.0 Å². The first-order chi connectivity index (χ1) is 11.1. The van der Waals surface area contributed by atoms with E-state index in [1.54, 1.807) is 13.8 Å². The van der Waals surface area contributed by atoms with Crippen LogP contribution in [-0.4, -0.2) is 46.6 Å². The number of nitrogens with zero attached hydrogens (tertiary/aromatic N) is 2. The highest BCUT2D eigenvalue weighted by Gasteiger charge is 2.63. The summed E-state index contributed by atoms with van der Waals surface area (Å²) < 4.78 is 0. The van der Waals surface area contributed by atoms with Crippen molar-refractivity contribution in [2.45, 2.75) is 25.3 Å². The molecule has 1 saturated heterocycles.